The molecule has 0 spiro atoms. The molecule has 3 rings (SSSR count). The average Bonchev–Trinajstić information content (AvgIpc) is 3.00. The molecule has 0 aliphatic carbocycles. The number of hydrogen-bond acceptors (Lipinski definition) is 4. The minimum atomic E-state index is -3.29. The van der Waals surface area contributed by atoms with E-state index in [1.807, 2.05) is 18.2 Å². The molecule has 1 heterocycles. The van der Waals surface area contributed by atoms with Crippen LogP contribution in [0.15, 0.2) is 59.5 Å². The van der Waals surface area contributed by atoms with Crippen LogP contribution in [0, 0.1) is 0 Å². The van der Waals surface area contributed by atoms with Crippen molar-refractivity contribution in [2.75, 3.05) is 6.26 Å². The zero-order valence-electron chi connectivity index (χ0n) is 12.7. The first-order valence-electron chi connectivity index (χ1n) is 7.05. The summed E-state index contributed by atoms with van der Waals surface area (Å²) in [5.74, 6) is -1.14. The molecule has 0 saturated heterocycles. The van der Waals surface area contributed by atoms with Crippen LogP contribution in [0.3, 0.4) is 0 Å². The van der Waals surface area contributed by atoms with Crippen LogP contribution < -0.4 is 0 Å². The van der Waals surface area contributed by atoms with Gasteiger partial charge in [-0.1, -0.05) is 42.5 Å². The number of aromatic amines is 1. The van der Waals surface area contributed by atoms with E-state index < -0.39 is 15.8 Å². The molecule has 0 fully saturated rings. The van der Waals surface area contributed by atoms with Crippen LogP contribution in [0.25, 0.3) is 22.4 Å². The fraction of sp³-hybridized carbons (Fsp3) is 0.0588. The van der Waals surface area contributed by atoms with Gasteiger partial charge in [-0.05, 0) is 17.7 Å². The van der Waals surface area contributed by atoms with E-state index >= 15 is 0 Å². The Labute approximate surface area is 138 Å². The van der Waals surface area contributed by atoms with Gasteiger partial charge < -0.3 is 5.11 Å². The van der Waals surface area contributed by atoms with E-state index in [9.17, 15) is 18.3 Å². The Morgan fingerprint density at radius 1 is 1.00 bits per heavy atom. The molecule has 1 aromatic heterocycles. The van der Waals surface area contributed by atoms with Gasteiger partial charge >= 0.3 is 5.97 Å². The van der Waals surface area contributed by atoms with E-state index in [0.29, 0.717) is 22.4 Å². The van der Waals surface area contributed by atoms with Crippen LogP contribution in [0.5, 0.6) is 0 Å². The van der Waals surface area contributed by atoms with Gasteiger partial charge in [0.15, 0.2) is 15.5 Å². The predicted octanol–water partition coefficient (Wildman–Crippen LogP) is 2.85. The Kier molecular flexibility index (Phi) is 3.94. The molecule has 0 saturated carbocycles. The van der Waals surface area contributed by atoms with E-state index in [4.69, 9.17) is 0 Å². The Morgan fingerprint density at radius 3 is 2.17 bits per heavy atom. The second kappa shape index (κ2) is 5.93. The van der Waals surface area contributed by atoms with Crippen molar-refractivity contribution in [3.63, 3.8) is 0 Å². The first kappa shape index (κ1) is 15.9. The number of carboxylic acid groups (broad SMARTS) is 1. The van der Waals surface area contributed by atoms with Gasteiger partial charge in [-0.2, -0.15) is 5.10 Å². The molecule has 3 aromatic rings. The Bertz CT molecular complexity index is 991. The van der Waals surface area contributed by atoms with E-state index in [0.717, 1.165) is 6.26 Å². The standard InChI is InChI=1S/C17H14N2O4S/c1-24(22,23)13-9-7-12(8-10-13)15-14(11-5-3-2-4-6-11)16(17(20)21)19-18-15/h2-10H,1H3,(H,18,19)(H,20,21). The first-order valence-corrected chi connectivity index (χ1v) is 8.94. The fourth-order valence-electron chi connectivity index (χ4n) is 2.46. The Balaban J connectivity index is 2.17. The molecule has 0 atom stereocenters. The summed E-state index contributed by atoms with van der Waals surface area (Å²) in [5.41, 5.74) is 2.28. The normalized spacial score (nSPS) is 11.4. The molecule has 122 valence electrons. The summed E-state index contributed by atoms with van der Waals surface area (Å²) in [6.45, 7) is 0. The van der Waals surface area contributed by atoms with E-state index in [1.165, 1.54) is 12.1 Å². The van der Waals surface area contributed by atoms with Gasteiger partial charge in [-0.25, -0.2) is 13.2 Å². The number of hydrogen-bond donors (Lipinski definition) is 2. The van der Waals surface area contributed by atoms with Crippen molar-refractivity contribution in [3.05, 3.63) is 60.3 Å². The molecular formula is C17H14N2O4S. The SMILES string of the molecule is CS(=O)(=O)c1ccc(-c2[nH]nc(C(=O)O)c2-c2ccccc2)cc1. The second-order valence-electron chi connectivity index (χ2n) is 5.29. The zero-order chi connectivity index (χ0) is 17.3. The number of aromatic carboxylic acids is 1. The topological polar surface area (TPSA) is 100 Å². The van der Waals surface area contributed by atoms with E-state index in [1.54, 1.807) is 24.3 Å². The quantitative estimate of drug-likeness (QED) is 0.759. The average molecular weight is 342 g/mol. The van der Waals surface area contributed by atoms with Gasteiger partial charge in [0.2, 0.25) is 0 Å². The summed E-state index contributed by atoms with van der Waals surface area (Å²) in [4.78, 5) is 11.7. The molecule has 0 aliphatic heterocycles. The third kappa shape index (κ3) is 2.93. The summed E-state index contributed by atoms with van der Waals surface area (Å²) in [5, 5.41) is 16.0. The number of carboxylic acids is 1. The minimum absolute atomic E-state index is 0.0802. The van der Waals surface area contributed by atoms with Crippen LogP contribution in [-0.4, -0.2) is 35.9 Å². The van der Waals surface area contributed by atoms with Gasteiger partial charge in [-0.3, -0.25) is 5.10 Å². The molecule has 0 bridgehead atoms. The largest absolute Gasteiger partial charge is 0.476 e. The second-order valence-corrected chi connectivity index (χ2v) is 7.31. The van der Waals surface area contributed by atoms with Crippen molar-refractivity contribution >= 4 is 15.8 Å². The monoisotopic (exact) mass is 342 g/mol. The van der Waals surface area contributed by atoms with Gasteiger partial charge in [0.05, 0.1) is 10.6 Å². The van der Waals surface area contributed by atoms with Gasteiger partial charge in [-0.15, -0.1) is 0 Å². The van der Waals surface area contributed by atoms with E-state index in [-0.39, 0.29) is 10.6 Å². The number of H-pyrrole nitrogens is 1. The van der Waals surface area contributed by atoms with Crippen LogP contribution in [0.2, 0.25) is 0 Å². The van der Waals surface area contributed by atoms with Crippen molar-refractivity contribution in [2.45, 2.75) is 4.90 Å². The van der Waals surface area contributed by atoms with Crippen LogP contribution in [0.4, 0.5) is 0 Å². The fourth-order valence-corrected chi connectivity index (χ4v) is 3.09. The lowest BCUT2D eigenvalue weighted by molar-refractivity contribution is 0.0691. The summed E-state index contributed by atoms with van der Waals surface area (Å²) >= 11 is 0. The maximum absolute atomic E-state index is 11.6. The molecule has 6 nitrogen and oxygen atoms in total. The van der Waals surface area contributed by atoms with E-state index in [2.05, 4.69) is 10.2 Å². The molecule has 0 radical (unpaired) electrons. The zero-order valence-corrected chi connectivity index (χ0v) is 13.5. The van der Waals surface area contributed by atoms with Crippen molar-refractivity contribution < 1.29 is 18.3 Å². The van der Waals surface area contributed by atoms with Crippen molar-refractivity contribution in [3.8, 4) is 22.4 Å². The van der Waals surface area contributed by atoms with Crippen LogP contribution in [0.1, 0.15) is 10.5 Å². The number of nitrogens with zero attached hydrogens (tertiary/aromatic N) is 1. The van der Waals surface area contributed by atoms with Crippen molar-refractivity contribution in [1.29, 1.82) is 0 Å². The van der Waals surface area contributed by atoms with Gasteiger partial charge in [0.1, 0.15) is 0 Å². The van der Waals surface area contributed by atoms with Crippen LogP contribution >= 0.6 is 0 Å². The highest BCUT2D eigenvalue weighted by Gasteiger charge is 2.21. The molecule has 7 heteroatoms. The Morgan fingerprint density at radius 2 is 1.62 bits per heavy atom. The predicted molar refractivity (Wildman–Crippen MR) is 89.5 cm³/mol. The highest BCUT2D eigenvalue weighted by Crippen LogP contribution is 2.33. The third-order valence-corrected chi connectivity index (χ3v) is 4.73. The smallest absolute Gasteiger partial charge is 0.357 e. The summed E-state index contributed by atoms with van der Waals surface area (Å²) in [6, 6.07) is 15.3. The van der Waals surface area contributed by atoms with Crippen molar-refractivity contribution in [1.82, 2.24) is 10.2 Å². The minimum Gasteiger partial charge on any atom is -0.476 e. The highest BCUT2D eigenvalue weighted by atomic mass is 32.2. The number of sulfone groups is 1. The summed E-state index contributed by atoms with van der Waals surface area (Å²) in [7, 11) is -3.29. The number of aromatic nitrogens is 2. The van der Waals surface area contributed by atoms with Crippen LogP contribution in [-0.2, 0) is 9.84 Å². The molecule has 0 unspecified atom stereocenters. The first-order chi connectivity index (χ1) is 11.4. The molecular weight excluding hydrogens is 328 g/mol. The number of nitrogens with one attached hydrogen (secondary N) is 1. The number of benzene rings is 2. The Hall–Kier alpha value is -2.93. The third-order valence-electron chi connectivity index (χ3n) is 3.60. The number of carbonyl (C=O) groups is 1. The maximum atomic E-state index is 11.6. The lowest BCUT2D eigenvalue weighted by Gasteiger charge is -2.06. The summed E-state index contributed by atoms with van der Waals surface area (Å²) < 4.78 is 23.1. The van der Waals surface area contributed by atoms with Gasteiger partial charge in [0.25, 0.3) is 0 Å². The van der Waals surface area contributed by atoms with Crippen molar-refractivity contribution in [2.24, 2.45) is 0 Å². The molecule has 24 heavy (non-hydrogen) atoms. The molecule has 0 amide bonds. The lowest BCUT2D eigenvalue weighted by Crippen LogP contribution is -1.99. The highest BCUT2D eigenvalue weighted by molar-refractivity contribution is 7.90. The summed E-state index contributed by atoms with van der Waals surface area (Å²) in [6.07, 6.45) is 1.14. The molecule has 2 aromatic carbocycles. The number of rotatable bonds is 4. The molecule has 0 aliphatic rings. The lowest BCUT2D eigenvalue weighted by atomic mass is 9.99. The van der Waals surface area contributed by atoms with Gasteiger partial charge in [0, 0.05) is 17.4 Å². The molecule has 2 N–H and O–H groups in total. The maximum Gasteiger partial charge on any atom is 0.357 e.